The van der Waals surface area contributed by atoms with Gasteiger partial charge in [-0.25, -0.2) is 0 Å². The summed E-state index contributed by atoms with van der Waals surface area (Å²) in [7, 11) is 0. The molecule has 3 N–H and O–H groups in total. The molecule has 0 spiro atoms. The second-order valence-corrected chi connectivity index (χ2v) is 6.19. The summed E-state index contributed by atoms with van der Waals surface area (Å²) in [5.41, 5.74) is 6.76. The minimum Gasteiger partial charge on any atom is -0.493 e. The number of nitrogens with two attached hydrogens (primary N) is 1. The van der Waals surface area contributed by atoms with Gasteiger partial charge in [0.05, 0.1) is 6.61 Å². The maximum atomic E-state index is 6.00. The van der Waals surface area contributed by atoms with E-state index < -0.39 is 0 Å². The van der Waals surface area contributed by atoms with Crippen LogP contribution in [0.2, 0.25) is 0 Å². The van der Waals surface area contributed by atoms with Gasteiger partial charge in [0, 0.05) is 17.2 Å². The second-order valence-electron chi connectivity index (χ2n) is 6.19. The van der Waals surface area contributed by atoms with Crippen molar-refractivity contribution in [2.75, 3.05) is 6.61 Å². The van der Waals surface area contributed by atoms with Gasteiger partial charge in [0.15, 0.2) is 0 Å². The largest absolute Gasteiger partial charge is 0.493 e. The summed E-state index contributed by atoms with van der Waals surface area (Å²) in [4.78, 5) is 0. The second kappa shape index (κ2) is 4.90. The molecular formula is C15H24N2O. The van der Waals surface area contributed by atoms with Crippen molar-refractivity contribution >= 4 is 0 Å². The van der Waals surface area contributed by atoms with E-state index in [1.54, 1.807) is 0 Å². The van der Waals surface area contributed by atoms with Crippen molar-refractivity contribution in [3.63, 3.8) is 0 Å². The molecule has 1 aliphatic rings. The first-order chi connectivity index (χ1) is 8.43. The third-order valence-corrected chi connectivity index (χ3v) is 3.53. The molecule has 3 heteroatoms. The smallest absolute Gasteiger partial charge is 0.127 e. The lowest BCUT2D eigenvalue weighted by atomic mass is 9.83. The van der Waals surface area contributed by atoms with E-state index in [4.69, 9.17) is 10.6 Å². The van der Waals surface area contributed by atoms with Crippen LogP contribution in [0.15, 0.2) is 12.1 Å². The number of ether oxygens (including phenoxy) is 1. The van der Waals surface area contributed by atoms with Gasteiger partial charge in [-0.05, 0) is 25.2 Å². The highest BCUT2D eigenvalue weighted by molar-refractivity contribution is 5.49. The number of benzene rings is 1. The maximum Gasteiger partial charge on any atom is 0.127 e. The Morgan fingerprint density at radius 2 is 2.06 bits per heavy atom. The van der Waals surface area contributed by atoms with Crippen molar-refractivity contribution in [3.8, 4) is 5.75 Å². The predicted octanol–water partition coefficient (Wildman–Crippen LogP) is 2.97. The molecule has 1 aromatic carbocycles. The van der Waals surface area contributed by atoms with Crippen LogP contribution in [0.4, 0.5) is 0 Å². The quantitative estimate of drug-likeness (QED) is 0.593. The molecule has 1 unspecified atom stereocenters. The highest BCUT2D eigenvalue weighted by atomic mass is 16.5. The van der Waals surface area contributed by atoms with Crippen LogP contribution in [0, 0.1) is 6.92 Å². The van der Waals surface area contributed by atoms with Gasteiger partial charge < -0.3 is 4.74 Å². The molecule has 0 aliphatic carbocycles. The lowest BCUT2D eigenvalue weighted by molar-refractivity contribution is 0.307. The van der Waals surface area contributed by atoms with Crippen molar-refractivity contribution in [3.05, 3.63) is 28.8 Å². The summed E-state index contributed by atoms with van der Waals surface area (Å²) >= 11 is 0. The lowest BCUT2D eigenvalue weighted by Gasteiger charge is -2.26. The molecule has 0 amide bonds. The molecule has 0 bridgehead atoms. The van der Waals surface area contributed by atoms with E-state index >= 15 is 0 Å². The number of hydrazine groups is 1. The van der Waals surface area contributed by atoms with E-state index in [1.165, 1.54) is 16.7 Å². The van der Waals surface area contributed by atoms with Gasteiger partial charge in [0.1, 0.15) is 5.75 Å². The molecule has 1 aromatic rings. The van der Waals surface area contributed by atoms with E-state index in [9.17, 15) is 0 Å². The molecule has 1 heterocycles. The van der Waals surface area contributed by atoms with Crippen LogP contribution in [-0.4, -0.2) is 6.61 Å². The fourth-order valence-corrected chi connectivity index (χ4v) is 2.57. The molecule has 18 heavy (non-hydrogen) atoms. The topological polar surface area (TPSA) is 47.3 Å². The fraction of sp³-hybridized carbons (Fsp3) is 0.600. The highest BCUT2D eigenvalue weighted by Crippen LogP contribution is 2.40. The van der Waals surface area contributed by atoms with Crippen molar-refractivity contribution in [1.82, 2.24) is 5.43 Å². The average molecular weight is 248 g/mol. The zero-order valence-electron chi connectivity index (χ0n) is 11.8. The summed E-state index contributed by atoms with van der Waals surface area (Å²) < 4.78 is 6.00. The normalized spacial score (nSPS) is 19.9. The van der Waals surface area contributed by atoms with E-state index in [-0.39, 0.29) is 11.5 Å². The zero-order chi connectivity index (χ0) is 13.3. The van der Waals surface area contributed by atoms with E-state index in [2.05, 4.69) is 45.3 Å². The number of aryl methyl sites for hydroxylation is 1. The average Bonchev–Trinajstić information content (AvgIpc) is 2.48. The number of hydrogen-bond donors (Lipinski definition) is 2. The molecule has 2 rings (SSSR count). The molecule has 1 atom stereocenters. The molecule has 100 valence electrons. The number of nitrogens with one attached hydrogen (secondary N) is 1. The van der Waals surface area contributed by atoms with E-state index in [0.29, 0.717) is 0 Å². The molecule has 0 aromatic heterocycles. The Kier molecular flexibility index (Phi) is 3.64. The van der Waals surface area contributed by atoms with Crippen LogP contribution in [-0.2, 0) is 5.41 Å². The Hall–Kier alpha value is -1.06. The molecule has 0 fully saturated rings. The van der Waals surface area contributed by atoms with Gasteiger partial charge in [-0.1, -0.05) is 38.5 Å². The fourth-order valence-electron chi connectivity index (χ4n) is 2.57. The SMILES string of the molecule is Cc1cc2c(c(C(C)(C)C)c1)OCCCC2NN. The molecule has 0 saturated heterocycles. The number of hydrogen-bond acceptors (Lipinski definition) is 3. The molecular weight excluding hydrogens is 224 g/mol. The van der Waals surface area contributed by atoms with E-state index in [1.807, 2.05) is 0 Å². The van der Waals surface area contributed by atoms with Crippen LogP contribution < -0.4 is 16.0 Å². The highest BCUT2D eigenvalue weighted by Gasteiger charge is 2.26. The first-order valence-corrected chi connectivity index (χ1v) is 6.67. The van der Waals surface area contributed by atoms with Crippen LogP contribution in [0.25, 0.3) is 0 Å². The summed E-state index contributed by atoms with van der Waals surface area (Å²) in [6, 6.07) is 4.63. The molecule has 1 aliphatic heterocycles. The van der Waals surface area contributed by atoms with Crippen molar-refractivity contribution in [2.45, 2.75) is 52.0 Å². The van der Waals surface area contributed by atoms with Crippen molar-refractivity contribution < 1.29 is 4.74 Å². The van der Waals surface area contributed by atoms with Gasteiger partial charge in [-0.3, -0.25) is 11.3 Å². The summed E-state index contributed by atoms with van der Waals surface area (Å²) in [6.07, 6.45) is 2.06. The number of fused-ring (bicyclic) bond motifs is 1. The monoisotopic (exact) mass is 248 g/mol. The molecule has 3 nitrogen and oxygen atoms in total. The van der Waals surface area contributed by atoms with Crippen LogP contribution in [0.3, 0.4) is 0 Å². The minimum absolute atomic E-state index is 0.0829. The summed E-state index contributed by atoms with van der Waals surface area (Å²) in [5, 5.41) is 0. The lowest BCUT2D eigenvalue weighted by Crippen LogP contribution is -2.28. The Morgan fingerprint density at radius 3 is 2.67 bits per heavy atom. The van der Waals surface area contributed by atoms with Gasteiger partial charge in [0.2, 0.25) is 0 Å². The van der Waals surface area contributed by atoms with E-state index in [0.717, 1.165) is 25.2 Å². The first-order valence-electron chi connectivity index (χ1n) is 6.67. The standard InChI is InChI=1S/C15H24N2O/c1-10-8-11-13(17-16)6-5-7-18-14(11)12(9-10)15(2,3)4/h8-9,13,17H,5-7,16H2,1-4H3. The Labute approximate surface area is 110 Å². The Bertz CT molecular complexity index is 435. The summed E-state index contributed by atoms with van der Waals surface area (Å²) in [5.74, 6) is 6.73. The van der Waals surface area contributed by atoms with Crippen LogP contribution in [0.5, 0.6) is 5.75 Å². The van der Waals surface area contributed by atoms with Crippen molar-refractivity contribution in [1.29, 1.82) is 0 Å². The third-order valence-electron chi connectivity index (χ3n) is 3.53. The zero-order valence-corrected chi connectivity index (χ0v) is 11.8. The molecule has 0 radical (unpaired) electrons. The van der Waals surface area contributed by atoms with Gasteiger partial charge in [-0.15, -0.1) is 0 Å². The van der Waals surface area contributed by atoms with Crippen LogP contribution >= 0.6 is 0 Å². The first kappa shape index (κ1) is 13.4. The van der Waals surface area contributed by atoms with Gasteiger partial charge >= 0.3 is 0 Å². The summed E-state index contributed by atoms with van der Waals surface area (Å²) in [6.45, 7) is 9.58. The minimum atomic E-state index is 0.0829. The van der Waals surface area contributed by atoms with Gasteiger partial charge in [-0.2, -0.15) is 0 Å². The number of rotatable bonds is 1. The maximum absolute atomic E-state index is 6.00. The van der Waals surface area contributed by atoms with Crippen LogP contribution in [0.1, 0.15) is 56.3 Å². The van der Waals surface area contributed by atoms with Crippen molar-refractivity contribution in [2.24, 2.45) is 5.84 Å². The third kappa shape index (κ3) is 2.52. The Balaban J connectivity index is 2.60. The predicted molar refractivity (Wildman–Crippen MR) is 74.7 cm³/mol. The molecule has 0 saturated carbocycles. The Morgan fingerprint density at radius 1 is 1.33 bits per heavy atom. The van der Waals surface area contributed by atoms with Gasteiger partial charge in [0.25, 0.3) is 0 Å².